The molecule has 16 heavy (non-hydrogen) atoms. The van der Waals surface area contributed by atoms with Crippen molar-refractivity contribution in [2.45, 2.75) is 26.2 Å². The molecule has 2 N–H and O–H groups in total. The minimum Gasteiger partial charge on any atom is -0.507 e. The van der Waals surface area contributed by atoms with Crippen LogP contribution in [0.15, 0.2) is 12.3 Å². The van der Waals surface area contributed by atoms with Gasteiger partial charge in [-0.25, -0.2) is 0 Å². The fourth-order valence-corrected chi connectivity index (χ4v) is 2.43. The van der Waals surface area contributed by atoms with Crippen LogP contribution in [-0.2, 0) is 6.42 Å². The highest BCUT2D eigenvalue weighted by molar-refractivity contribution is 5.81. The van der Waals surface area contributed by atoms with Gasteiger partial charge in [0, 0.05) is 29.3 Å². The molecule has 2 aliphatic heterocycles. The van der Waals surface area contributed by atoms with Gasteiger partial charge < -0.3 is 14.8 Å². The molecular weight excluding hydrogens is 202 g/mol. The van der Waals surface area contributed by atoms with Gasteiger partial charge in [-0.05, 0) is 17.5 Å². The van der Waals surface area contributed by atoms with Crippen molar-refractivity contribution in [3.8, 4) is 22.8 Å². The molecule has 0 aromatic rings. The molecule has 0 radical (unpaired) electrons. The Balaban J connectivity index is 2.30. The monoisotopic (exact) mass is 217 g/mol. The van der Waals surface area contributed by atoms with E-state index in [2.05, 4.69) is 24.9 Å². The Bertz CT molecular complexity index is 513. The maximum absolute atomic E-state index is 10.3. The van der Waals surface area contributed by atoms with E-state index in [1.165, 1.54) is 0 Å². The average molecular weight is 217 g/mol. The van der Waals surface area contributed by atoms with Gasteiger partial charge in [0.15, 0.2) is 5.88 Å². The Labute approximate surface area is 94.4 Å². The predicted octanol–water partition coefficient (Wildman–Crippen LogP) is 2.88. The lowest BCUT2D eigenvalue weighted by Crippen LogP contribution is -1.87. The summed E-state index contributed by atoms with van der Waals surface area (Å²) in [6.07, 6.45) is 2.78. The van der Waals surface area contributed by atoms with Gasteiger partial charge in [0.25, 0.3) is 0 Å². The van der Waals surface area contributed by atoms with Crippen LogP contribution in [0, 0.1) is 0 Å². The molecule has 1 aliphatic carbocycles. The second-order valence-electron chi connectivity index (χ2n) is 4.63. The average Bonchev–Trinajstić information content (AvgIpc) is 2.81. The minimum absolute atomic E-state index is 0.338. The number of nitrogens with one attached hydrogen (secondary N) is 1. The first-order valence-corrected chi connectivity index (χ1v) is 5.67. The van der Waals surface area contributed by atoms with Gasteiger partial charge in [-0.15, -0.1) is 0 Å². The fourth-order valence-electron chi connectivity index (χ4n) is 2.43. The summed E-state index contributed by atoms with van der Waals surface area (Å²) in [4.78, 5) is 3.14. The number of fused-ring (bicyclic) bond motifs is 3. The van der Waals surface area contributed by atoms with E-state index in [0.717, 1.165) is 34.6 Å². The SMILES string of the molecule is CC(C)c1cc2c[nH]c3c(c-2c1O)CCO3. The molecule has 0 aromatic carbocycles. The smallest absolute Gasteiger partial charge is 0.194 e. The van der Waals surface area contributed by atoms with Gasteiger partial charge in [-0.2, -0.15) is 0 Å². The molecule has 0 unspecified atom stereocenters. The van der Waals surface area contributed by atoms with Crippen LogP contribution in [0.1, 0.15) is 30.9 Å². The van der Waals surface area contributed by atoms with Crippen molar-refractivity contribution < 1.29 is 9.84 Å². The van der Waals surface area contributed by atoms with E-state index < -0.39 is 0 Å². The van der Waals surface area contributed by atoms with Crippen LogP contribution in [0.25, 0.3) is 11.1 Å². The molecule has 0 bridgehead atoms. The number of rotatable bonds is 1. The molecule has 0 aromatic heterocycles. The standard InChI is InChI=1S/C13H15NO2/c1-7(2)10-5-8-6-14-13-9(3-4-16-13)11(8)12(10)15/h5-7,14-15H,3-4H2,1-2H3. The van der Waals surface area contributed by atoms with Gasteiger partial charge >= 0.3 is 0 Å². The van der Waals surface area contributed by atoms with Crippen LogP contribution in [0.5, 0.6) is 11.6 Å². The summed E-state index contributed by atoms with van der Waals surface area (Å²) in [6, 6.07) is 2.06. The summed E-state index contributed by atoms with van der Waals surface area (Å²) in [6.45, 7) is 4.88. The Morgan fingerprint density at radius 2 is 2.25 bits per heavy atom. The number of aromatic nitrogens is 1. The van der Waals surface area contributed by atoms with Crippen molar-refractivity contribution in [2.75, 3.05) is 6.61 Å². The van der Waals surface area contributed by atoms with Crippen LogP contribution in [-0.4, -0.2) is 16.7 Å². The normalized spacial score (nSPS) is 14.4. The van der Waals surface area contributed by atoms with Crippen molar-refractivity contribution in [3.63, 3.8) is 0 Å². The largest absolute Gasteiger partial charge is 0.507 e. The van der Waals surface area contributed by atoms with E-state index in [0.29, 0.717) is 18.3 Å². The Morgan fingerprint density at radius 1 is 1.44 bits per heavy atom. The Kier molecular flexibility index (Phi) is 1.90. The predicted molar refractivity (Wildman–Crippen MR) is 62.4 cm³/mol. The molecule has 0 amide bonds. The van der Waals surface area contributed by atoms with Crippen molar-refractivity contribution in [3.05, 3.63) is 23.4 Å². The van der Waals surface area contributed by atoms with Crippen molar-refractivity contribution in [1.82, 2.24) is 4.98 Å². The molecule has 0 saturated carbocycles. The fraction of sp³-hybridized carbons (Fsp3) is 0.385. The van der Waals surface area contributed by atoms with Gasteiger partial charge in [-0.3, -0.25) is 0 Å². The third-order valence-electron chi connectivity index (χ3n) is 3.27. The second kappa shape index (κ2) is 3.17. The first kappa shape index (κ1) is 9.58. The van der Waals surface area contributed by atoms with E-state index in [1.54, 1.807) is 0 Å². The summed E-state index contributed by atoms with van der Waals surface area (Å²) < 4.78 is 5.46. The summed E-state index contributed by atoms with van der Waals surface area (Å²) in [5, 5.41) is 10.3. The molecule has 3 rings (SSSR count). The quantitative estimate of drug-likeness (QED) is 0.771. The van der Waals surface area contributed by atoms with Crippen molar-refractivity contribution in [2.24, 2.45) is 0 Å². The van der Waals surface area contributed by atoms with E-state index in [4.69, 9.17) is 4.74 Å². The summed E-state index contributed by atoms with van der Waals surface area (Å²) in [5.41, 5.74) is 4.17. The maximum Gasteiger partial charge on any atom is 0.194 e. The van der Waals surface area contributed by atoms with E-state index >= 15 is 0 Å². The molecular formula is C13H15NO2. The number of aromatic amines is 1. The zero-order valence-electron chi connectivity index (χ0n) is 9.50. The van der Waals surface area contributed by atoms with Gasteiger partial charge in [0.2, 0.25) is 0 Å². The van der Waals surface area contributed by atoms with Crippen LogP contribution >= 0.6 is 0 Å². The van der Waals surface area contributed by atoms with E-state index in [1.807, 2.05) is 6.20 Å². The molecule has 2 heterocycles. The molecule has 84 valence electrons. The Morgan fingerprint density at radius 3 is 3.00 bits per heavy atom. The number of pyridine rings is 1. The zero-order chi connectivity index (χ0) is 11.3. The zero-order valence-corrected chi connectivity index (χ0v) is 9.50. The van der Waals surface area contributed by atoms with Gasteiger partial charge in [-0.1, -0.05) is 13.8 Å². The topological polar surface area (TPSA) is 45.2 Å². The van der Waals surface area contributed by atoms with E-state index in [-0.39, 0.29) is 0 Å². The molecule has 0 fully saturated rings. The van der Waals surface area contributed by atoms with Crippen LogP contribution in [0.4, 0.5) is 0 Å². The van der Waals surface area contributed by atoms with Crippen molar-refractivity contribution >= 4 is 0 Å². The highest BCUT2D eigenvalue weighted by Crippen LogP contribution is 2.46. The summed E-state index contributed by atoms with van der Waals surface area (Å²) in [7, 11) is 0. The maximum atomic E-state index is 10.3. The minimum atomic E-state index is 0.338. The highest BCUT2D eigenvalue weighted by Gasteiger charge is 2.26. The first-order chi connectivity index (χ1) is 7.68. The summed E-state index contributed by atoms with van der Waals surface area (Å²) >= 11 is 0. The van der Waals surface area contributed by atoms with Gasteiger partial charge in [0.1, 0.15) is 5.75 Å². The molecule has 0 spiro atoms. The van der Waals surface area contributed by atoms with Crippen LogP contribution in [0.2, 0.25) is 0 Å². The highest BCUT2D eigenvalue weighted by atomic mass is 16.5. The molecule has 0 atom stereocenters. The lowest BCUT2D eigenvalue weighted by molar-refractivity contribution is 0.345. The van der Waals surface area contributed by atoms with Crippen molar-refractivity contribution in [1.29, 1.82) is 0 Å². The lowest BCUT2D eigenvalue weighted by atomic mass is 10.0. The first-order valence-electron chi connectivity index (χ1n) is 5.67. The molecule has 3 nitrogen and oxygen atoms in total. The number of ether oxygens (including phenoxy) is 1. The number of aromatic hydroxyl groups is 1. The third kappa shape index (κ3) is 1.14. The lowest BCUT2D eigenvalue weighted by Gasteiger charge is -2.06. The second-order valence-corrected chi connectivity index (χ2v) is 4.63. The number of hydrogen-bond acceptors (Lipinski definition) is 2. The third-order valence-corrected chi connectivity index (χ3v) is 3.27. The Hall–Kier alpha value is -1.64. The molecule has 3 heteroatoms. The van der Waals surface area contributed by atoms with Crippen LogP contribution < -0.4 is 4.74 Å². The van der Waals surface area contributed by atoms with E-state index in [9.17, 15) is 5.11 Å². The summed E-state index contributed by atoms with van der Waals surface area (Å²) in [5.74, 6) is 1.58. The number of H-pyrrole nitrogens is 1. The molecule has 3 aliphatic rings. The molecule has 0 saturated heterocycles. The van der Waals surface area contributed by atoms with Gasteiger partial charge in [0.05, 0.1) is 6.61 Å². The number of hydrogen-bond donors (Lipinski definition) is 2. The van der Waals surface area contributed by atoms with Crippen LogP contribution in [0.3, 0.4) is 0 Å².